The molecule has 0 N–H and O–H groups in total. The van der Waals surface area contributed by atoms with Gasteiger partial charge in [0, 0.05) is 30.7 Å². The lowest BCUT2D eigenvalue weighted by molar-refractivity contribution is -0.150. The molecule has 8 heteroatoms. The topological polar surface area (TPSA) is 63.9 Å². The molecule has 0 atom stereocenters. The third-order valence-corrected chi connectivity index (χ3v) is 5.10. The summed E-state index contributed by atoms with van der Waals surface area (Å²) in [5.41, 5.74) is 0.697. The van der Waals surface area contributed by atoms with Crippen molar-refractivity contribution in [2.24, 2.45) is 5.92 Å². The molecule has 2 aromatic heterocycles. The van der Waals surface area contributed by atoms with Gasteiger partial charge in [-0.2, -0.15) is 0 Å². The summed E-state index contributed by atoms with van der Waals surface area (Å²) in [6, 6.07) is 0. The van der Waals surface area contributed by atoms with Crippen LogP contribution in [0.4, 0.5) is 0 Å². The number of hydrogen-bond donors (Lipinski definition) is 0. The van der Waals surface area contributed by atoms with E-state index in [-0.39, 0.29) is 17.8 Å². The van der Waals surface area contributed by atoms with Crippen LogP contribution < -0.4 is 0 Å². The molecule has 0 aromatic carbocycles. The molecule has 3 rings (SSSR count). The number of carbonyl (C=O) groups is 2. The largest absolute Gasteiger partial charge is 0.466 e. The molecule has 6 nitrogen and oxygen atoms in total. The summed E-state index contributed by atoms with van der Waals surface area (Å²) in [5.74, 6) is -0.350. The lowest BCUT2D eigenvalue weighted by atomic mass is 9.97. The van der Waals surface area contributed by atoms with Crippen LogP contribution >= 0.6 is 22.9 Å². The standard InChI is InChI=1S/C16H18ClN3O3S/c1-2-23-15(22)11-5-7-19(8-6-11)13(21)4-3-12-14(17)18-16-20(12)9-10-24-16/h3-4,9-11H,2,5-8H2,1H3/b4-3+. The Kier molecular flexibility index (Phi) is 5.20. The summed E-state index contributed by atoms with van der Waals surface area (Å²) in [7, 11) is 0. The fourth-order valence-electron chi connectivity index (χ4n) is 2.78. The van der Waals surface area contributed by atoms with Gasteiger partial charge in [-0.15, -0.1) is 11.3 Å². The van der Waals surface area contributed by atoms with Gasteiger partial charge in [0.1, 0.15) is 0 Å². The van der Waals surface area contributed by atoms with E-state index in [1.54, 1.807) is 17.9 Å². The average Bonchev–Trinajstić information content (AvgIpc) is 3.14. The first kappa shape index (κ1) is 17.0. The maximum atomic E-state index is 12.3. The maximum Gasteiger partial charge on any atom is 0.309 e. The number of halogens is 1. The molecule has 1 aliphatic rings. The number of esters is 1. The number of rotatable bonds is 4. The van der Waals surface area contributed by atoms with Crippen LogP contribution in [0.3, 0.4) is 0 Å². The Morgan fingerprint density at radius 2 is 2.21 bits per heavy atom. The van der Waals surface area contributed by atoms with Gasteiger partial charge in [0.05, 0.1) is 18.2 Å². The Labute approximate surface area is 148 Å². The van der Waals surface area contributed by atoms with Gasteiger partial charge >= 0.3 is 5.97 Å². The number of piperidine rings is 1. The first-order valence-electron chi connectivity index (χ1n) is 7.84. The fourth-order valence-corrected chi connectivity index (χ4v) is 3.78. The normalized spacial score (nSPS) is 16.2. The Morgan fingerprint density at radius 3 is 2.92 bits per heavy atom. The number of hydrogen-bond acceptors (Lipinski definition) is 5. The Balaban J connectivity index is 1.61. The molecule has 1 aliphatic heterocycles. The minimum absolute atomic E-state index is 0.0847. The zero-order valence-corrected chi connectivity index (χ0v) is 14.8. The highest BCUT2D eigenvalue weighted by Crippen LogP contribution is 2.23. The molecule has 1 amide bonds. The van der Waals surface area contributed by atoms with Crippen LogP contribution in [0, 0.1) is 5.92 Å². The fraction of sp³-hybridized carbons (Fsp3) is 0.438. The zero-order chi connectivity index (χ0) is 17.1. The first-order valence-corrected chi connectivity index (χ1v) is 9.10. The molecule has 0 spiro atoms. The van der Waals surface area contributed by atoms with Crippen molar-refractivity contribution in [3.05, 3.63) is 28.5 Å². The Hall–Kier alpha value is -1.86. The van der Waals surface area contributed by atoms with E-state index in [1.165, 1.54) is 17.4 Å². The number of amides is 1. The monoisotopic (exact) mass is 367 g/mol. The number of ether oxygens (including phenoxy) is 1. The maximum absolute atomic E-state index is 12.3. The molecule has 128 valence electrons. The van der Waals surface area contributed by atoms with Crippen molar-refractivity contribution in [2.75, 3.05) is 19.7 Å². The number of fused-ring (bicyclic) bond motifs is 1. The molecule has 0 saturated carbocycles. The van der Waals surface area contributed by atoms with Crippen molar-refractivity contribution in [2.45, 2.75) is 19.8 Å². The summed E-state index contributed by atoms with van der Waals surface area (Å²) < 4.78 is 6.89. The van der Waals surface area contributed by atoms with Crippen LogP contribution in [0.2, 0.25) is 5.15 Å². The SMILES string of the molecule is CCOC(=O)C1CCN(C(=O)/C=C/c2c(Cl)nc3sccn23)CC1. The molecule has 0 unspecified atom stereocenters. The Morgan fingerprint density at radius 1 is 1.46 bits per heavy atom. The van der Waals surface area contributed by atoms with Crippen molar-refractivity contribution in [3.8, 4) is 0 Å². The van der Waals surface area contributed by atoms with Crippen LogP contribution in [0.25, 0.3) is 11.0 Å². The molecule has 1 fully saturated rings. The van der Waals surface area contributed by atoms with E-state index in [9.17, 15) is 9.59 Å². The number of thiazole rings is 1. The average molecular weight is 368 g/mol. The quantitative estimate of drug-likeness (QED) is 0.615. The van der Waals surface area contributed by atoms with Crippen molar-refractivity contribution in [1.82, 2.24) is 14.3 Å². The molecule has 0 bridgehead atoms. The summed E-state index contributed by atoms with van der Waals surface area (Å²) >= 11 is 7.59. The van der Waals surface area contributed by atoms with Gasteiger partial charge in [-0.1, -0.05) is 11.6 Å². The van der Waals surface area contributed by atoms with Crippen LogP contribution in [0.1, 0.15) is 25.5 Å². The van der Waals surface area contributed by atoms with Gasteiger partial charge in [0.2, 0.25) is 5.91 Å². The second kappa shape index (κ2) is 7.36. The summed E-state index contributed by atoms with van der Waals surface area (Å²) in [6.45, 7) is 3.30. The van der Waals surface area contributed by atoms with Crippen LogP contribution in [0.15, 0.2) is 17.7 Å². The molecular weight excluding hydrogens is 350 g/mol. The van der Waals surface area contributed by atoms with Gasteiger partial charge in [0.25, 0.3) is 0 Å². The van der Waals surface area contributed by atoms with Gasteiger partial charge < -0.3 is 9.64 Å². The molecule has 0 radical (unpaired) electrons. The number of carbonyl (C=O) groups excluding carboxylic acids is 2. The number of aromatic nitrogens is 2. The highest BCUT2D eigenvalue weighted by atomic mass is 35.5. The van der Waals surface area contributed by atoms with Gasteiger partial charge in [-0.05, 0) is 25.8 Å². The number of imidazole rings is 1. The third kappa shape index (κ3) is 3.47. The van der Waals surface area contributed by atoms with E-state index in [4.69, 9.17) is 16.3 Å². The number of nitrogens with zero attached hydrogens (tertiary/aromatic N) is 3. The van der Waals surface area contributed by atoms with E-state index in [0.717, 1.165) is 4.96 Å². The van der Waals surface area contributed by atoms with Crippen molar-refractivity contribution >= 4 is 45.9 Å². The zero-order valence-electron chi connectivity index (χ0n) is 13.3. The summed E-state index contributed by atoms with van der Waals surface area (Å²) in [5, 5.41) is 2.30. The first-order chi connectivity index (χ1) is 11.6. The molecule has 2 aromatic rings. The Bertz CT molecular complexity index is 775. The van der Waals surface area contributed by atoms with E-state index >= 15 is 0 Å². The van der Waals surface area contributed by atoms with Crippen molar-refractivity contribution in [3.63, 3.8) is 0 Å². The van der Waals surface area contributed by atoms with Crippen molar-refractivity contribution < 1.29 is 14.3 Å². The summed E-state index contributed by atoms with van der Waals surface area (Å²) in [6.07, 6.45) is 6.35. The van der Waals surface area contributed by atoms with Gasteiger partial charge in [-0.3, -0.25) is 14.0 Å². The van der Waals surface area contributed by atoms with Crippen LogP contribution in [0.5, 0.6) is 0 Å². The van der Waals surface area contributed by atoms with Crippen molar-refractivity contribution in [1.29, 1.82) is 0 Å². The predicted octanol–water partition coefficient (Wildman–Crippen LogP) is 2.86. The minimum atomic E-state index is -0.161. The van der Waals surface area contributed by atoms with Crippen LogP contribution in [-0.4, -0.2) is 45.9 Å². The number of likely N-dealkylation sites (tertiary alicyclic amines) is 1. The predicted molar refractivity (Wildman–Crippen MR) is 93.1 cm³/mol. The minimum Gasteiger partial charge on any atom is -0.466 e. The summed E-state index contributed by atoms with van der Waals surface area (Å²) in [4.78, 5) is 30.8. The highest BCUT2D eigenvalue weighted by Gasteiger charge is 2.27. The third-order valence-electron chi connectivity index (χ3n) is 4.06. The molecule has 0 aliphatic carbocycles. The van der Waals surface area contributed by atoms with Gasteiger partial charge in [-0.25, -0.2) is 4.98 Å². The van der Waals surface area contributed by atoms with Crippen LogP contribution in [-0.2, 0) is 14.3 Å². The molecule has 24 heavy (non-hydrogen) atoms. The lowest BCUT2D eigenvalue weighted by Crippen LogP contribution is -2.39. The molecule has 1 saturated heterocycles. The highest BCUT2D eigenvalue weighted by molar-refractivity contribution is 7.15. The van der Waals surface area contributed by atoms with E-state index in [0.29, 0.717) is 43.4 Å². The second-order valence-electron chi connectivity index (χ2n) is 5.53. The second-order valence-corrected chi connectivity index (χ2v) is 6.76. The molecular formula is C16H18ClN3O3S. The van der Waals surface area contributed by atoms with Gasteiger partial charge in [0.15, 0.2) is 10.1 Å². The van der Waals surface area contributed by atoms with E-state index < -0.39 is 0 Å². The lowest BCUT2D eigenvalue weighted by Gasteiger charge is -2.30. The smallest absolute Gasteiger partial charge is 0.309 e. The molecule has 3 heterocycles. The van der Waals surface area contributed by atoms with E-state index in [2.05, 4.69) is 4.98 Å². The van der Waals surface area contributed by atoms with E-state index in [1.807, 2.05) is 16.0 Å².